The third kappa shape index (κ3) is 5.24. The van der Waals surface area contributed by atoms with E-state index < -0.39 is 29.9 Å². The lowest BCUT2D eigenvalue weighted by Gasteiger charge is -2.11. The molecule has 7 nitrogen and oxygen atoms in total. The summed E-state index contributed by atoms with van der Waals surface area (Å²) in [5.74, 6) is -1.71. The van der Waals surface area contributed by atoms with Gasteiger partial charge in [0.2, 0.25) is 5.95 Å². The highest BCUT2D eigenvalue weighted by Gasteiger charge is 2.35. The lowest BCUT2D eigenvalue weighted by Crippen LogP contribution is -2.14. The molecule has 1 aliphatic rings. The Balaban J connectivity index is 1.74. The van der Waals surface area contributed by atoms with Crippen molar-refractivity contribution in [2.24, 2.45) is 0 Å². The minimum Gasteiger partial charge on any atom is -0.459 e. The highest BCUT2D eigenvalue weighted by molar-refractivity contribution is 6.20. The molecule has 3 aromatic heterocycles. The second kappa shape index (κ2) is 8.72. The molecule has 3 heterocycles. The summed E-state index contributed by atoms with van der Waals surface area (Å²) in [6, 6.07) is 5.22. The van der Waals surface area contributed by atoms with Gasteiger partial charge in [0.05, 0.1) is 11.7 Å². The Morgan fingerprint density at radius 1 is 1.24 bits per heavy atom. The maximum Gasteiger partial charge on any atom is 0.433 e. The monoisotopic (exact) mass is 461 g/mol. The van der Waals surface area contributed by atoms with Crippen LogP contribution in [0.4, 0.5) is 17.6 Å². The highest BCUT2D eigenvalue weighted by Crippen LogP contribution is 2.41. The second-order valence-electron chi connectivity index (χ2n) is 7.82. The molecule has 172 valence electrons. The summed E-state index contributed by atoms with van der Waals surface area (Å²) >= 11 is 0. The molecule has 1 saturated carbocycles. The lowest BCUT2D eigenvalue weighted by atomic mass is 10.1. The summed E-state index contributed by atoms with van der Waals surface area (Å²) in [5, 5.41) is 4.16. The standard InChI is InChI=1S/C22H19F4N5O2/c1-12(2)33-21(32)16(15-4-3-7-27-19(15)23)10-31-11-28-20(30-31)14-8-17(13-5-6-13)29-18(9-14)22(24,25)26/h3-4,7-13H,5-6H2,1-2H3/b16-10+. The van der Waals surface area contributed by atoms with E-state index in [4.69, 9.17) is 4.74 Å². The van der Waals surface area contributed by atoms with Gasteiger partial charge in [0.15, 0.2) is 5.82 Å². The number of halogens is 4. The Morgan fingerprint density at radius 2 is 2.00 bits per heavy atom. The molecule has 33 heavy (non-hydrogen) atoms. The number of ether oxygens (including phenoxy) is 1. The third-order valence-electron chi connectivity index (χ3n) is 4.77. The van der Waals surface area contributed by atoms with Crippen molar-refractivity contribution in [2.75, 3.05) is 0 Å². The van der Waals surface area contributed by atoms with Crippen LogP contribution in [-0.4, -0.2) is 36.8 Å². The average molecular weight is 461 g/mol. The van der Waals surface area contributed by atoms with Gasteiger partial charge in [-0.25, -0.2) is 24.4 Å². The number of carbonyl (C=O) groups excluding carboxylic acids is 1. The Hall–Kier alpha value is -3.63. The van der Waals surface area contributed by atoms with Crippen LogP contribution >= 0.6 is 0 Å². The first-order valence-electron chi connectivity index (χ1n) is 10.2. The number of hydrogen-bond acceptors (Lipinski definition) is 6. The van der Waals surface area contributed by atoms with Gasteiger partial charge in [0, 0.05) is 35.1 Å². The van der Waals surface area contributed by atoms with Gasteiger partial charge in [-0.3, -0.25) is 0 Å². The Labute approximate surface area is 186 Å². The molecule has 3 aromatic rings. The van der Waals surface area contributed by atoms with Crippen molar-refractivity contribution in [1.29, 1.82) is 0 Å². The quantitative estimate of drug-likeness (QED) is 0.229. The smallest absolute Gasteiger partial charge is 0.433 e. The molecule has 0 saturated heterocycles. The number of rotatable bonds is 6. The van der Waals surface area contributed by atoms with Crippen molar-refractivity contribution in [3.63, 3.8) is 0 Å². The number of esters is 1. The second-order valence-corrected chi connectivity index (χ2v) is 7.82. The van der Waals surface area contributed by atoms with E-state index in [-0.39, 0.29) is 28.4 Å². The molecule has 11 heteroatoms. The van der Waals surface area contributed by atoms with Gasteiger partial charge in [0.25, 0.3) is 0 Å². The summed E-state index contributed by atoms with van der Waals surface area (Å²) in [6.45, 7) is 3.28. The first-order valence-corrected chi connectivity index (χ1v) is 10.2. The molecule has 0 radical (unpaired) electrons. The fourth-order valence-corrected chi connectivity index (χ4v) is 3.11. The maximum atomic E-state index is 14.3. The van der Waals surface area contributed by atoms with E-state index in [2.05, 4.69) is 20.1 Å². The molecule has 1 aliphatic carbocycles. The summed E-state index contributed by atoms with van der Waals surface area (Å²) in [7, 11) is 0. The lowest BCUT2D eigenvalue weighted by molar-refractivity contribution is -0.141. The van der Waals surface area contributed by atoms with Gasteiger partial charge in [-0.2, -0.15) is 17.6 Å². The van der Waals surface area contributed by atoms with Gasteiger partial charge in [0.1, 0.15) is 12.0 Å². The van der Waals surface area contributed by atoms with Crippen LogP contribution in [-0.2, 0) is 15.7 Å². The number of pyridine rings is 2. The minimum atomic E-state index is -4.62. The van der Waals surface area contributed by atoms with Crippen LogP contribution in [0.15, 0.2) is 36.8 Å². The van der Waals surface area contributed by atoms with E-state index in [1.807, 2.05) is 0 Å². The molecule has 0 aromatic carbocycles. The van der Waals surface area contributed by atoms with Gasteiger partial charge >= 0.3 is 12.1 Å². The fraction of sp³-hybridized carbons (Fsp3) is 0.318. The van der Waals surface area contributed by atoms with Crippen LogP contribution in [0.3, 0.4) is 0 Å². The average Bonchev–Trinajstić information content (AvgIpc) is 3.49. The number of carbonyl (C=O) groups is 1. The van der Waals surface area contributed by atoms with Crippen LogP contribution in [0.5, 0.6) is 0 Å². The van der Waals surface area contributed by atoms with Crippen molar-refractivity contribution in [2.45, 2.75) is 44.9 Å². The van der Waals surface area contributed by atoms with Crippen LogP contribution in [0.1, 0.15) is 49.6 Å². The molecular weight excluding hydrogens is 442 g/mol. The van der Waals surface area contributed by atoms with Crippen molar-refractivity contribution < 1.29 is 27.1 Å². The van der Waals surface area contributed by atoms with Crippen molar-refractivity contribution in [3.8, 4) is 11.4 Å². The van der Waals surface area contributed by atoms with Gasteiger partial charge < -0.3 is 4.74 Å². The largest absolute Gasteiger partial charge is 0.459 e. The number of aromatic nitrogens is 5. The Kier molecular flexibility index (Phi) is 5.96. The van der Waals surface area contributed by atoms with Crippen LogP contribution in [0, 0.1) is 5.95 Å². The van der Waals surface area contributed by atoms with Crippen LogP contribution in [0.25, 0.3) is 23.2 Å². The van der Waals surface area contributed by atoms with Gasteiger partial charge in [-0.15, -0.1) is 5.10 Å². The minimum absolute atomic E-state index is 0.00397. The molecule has 4 rings (SSSR count). The zero-order chi connectivity index (χ0) is 23.8. The van der Waals surface area contributed by atoms with Gasteiger partial charge in [-0.05, 0) is 51.0 Å². The van der Waals surface area contributed by atoms with E-state index in [1.54, 1.807) is 13.8 Å². The van der Waals surface area contributed by atoms with E-state index in [9.17, 15) is 22.4 Å². The predicted molar refractivity (Wildman–Crippen MR) is 110 cm³/mol. The topological polar surface area (TPSA) is 82.8 Å². The number of hydrogen-bond donors (Lipinski definition) is 0. The van der Waals surface area contributed by atoms with Crippen molar-refractivity contribution in [3.05, 3.63) is 59.7 Å². The predicted octanol–water partition coefficient (Wildman–Crippen LogP) is 4.72. The molecule has 0 unspecified atom stereocenters. The van der Waals surface area contributed by atoms with Crippen molar-refractivity contribution in [1.82, 2.24) is 24.7 Å². The van der Waals surface area contributed by atoms with Gasteiger partial charge in [-0.1, -0.05) is 0 Å². The molecule has 1 fully saturated rings. The number of nitrogens with zero attached hydrogens (tertiary/aromatic N) is 5. The van der Waals surface area contributed by atoms with Crippen LogP contribution in [0.2, 0.25) is 0 Å². The Morgan fingerprint density at radius 3 is 2.64 bits per heavy atom. The fourth-order valence-electron chi connectivity index (χ4n) is 3.11. The molecule has 0 spiro atoms. The molecule has 0 aliphatic heterocycles. The first-order chi connectivity index (χ1) is 15.6. The molecule has 0 amide bonds. The molecule has 0 atom stereocenters. The van der Waals surface area contributed by atoms with Crippen molar-refractivity contribution >= 4 is 17.7 Å². The summed E-state index contributed by atoms with van der Waals surface area (Å²) in [4.78, 5) is 23.9. The first kappa shape index (κ1) is 22.6. The number of alkyl halides is 3. The summed E-state index contributed by atoms with van der Waals surface area (Å²) in [5.41, 5.74) is -0.822. The van der Waals surface area contributed by atoms with E-state index in [0.29, 0.717) is 5.69 Å². The molecule has 0 N–H and O–H groups in total. The maximum absolute atomic E-state index is 14.3. The SMILES string of the molecule is CC(C)OC(=O)/C(=C/n1cnc(-c2cc(C3CC3)nc(C(F)(F)F)c2)n1)c1cccnc1F. The molecular formula is C22H19F4N5O2. The van der Waals surface area contributed by atoms with E-state index >= 15 is 0 Å². The van der Waals surface area contributed by atoms with Crippen LogP contribution < -0.4 is 0 Å². The zero-order valence-corrected chi connectivity index (χ0v) is 17.7. The van der Waals surface area contributed by atoms with E-state index in [0.717, 1.165) is 23.6 Å². The molecule has 0 bridgehead atoms. The zero-order valence-electron chi connectivity index (χ0n) is 17.7. The third-order valence-corrected chi connectivity index (χ3v) is 4.77. The normalized spacial score (nSPS) is 14.6. The van der Waals surface area contributed by atoms with E-state index in [1.165, 1.54) is 36.9 Å². The highest BCUT2D eigenvalue weighted by atomic mass is 19.4. The summed E-state index contributed by atoms with van der Waals surface area (Å²) < 4.78 is 60.6. The Bertz CT molecular complexity index is 1220. The summed E-state index contributed by atoms with van der Waals surface area (Å²) in [6.07, 6.45) is 0.0914.